The Morgan fingerprint density at radius 1 is 1.38 bits per heavy atom. The van der Waals surface area contributed by atoms with Crippen LogP contribution in [0.2, 0.25) is 10.0 Å². The Hall–Kier alpha value is -0.950. The number of hydrogen-bond acceptors (Lipinski definition) is 4. The predicted molar refractivity (Wildman–Crippen MR) is 85.4 cm³/mol. The van der Waals surface area contributed by atoms with Crippen LogP contribution < -0.4 is 5.32 Å². The molecule has 5 nitrogen and oxygen atoms in total. The molecule has 1 amide bonds. The van der Waals surface area contributed by atoms with Crippen LogP contribution in [0.5, 0.6) is 0 Å². The lowest BCUT2D eigenvalue weighted by Gasteiger charge is -2.31. The Labute approximate surface area is 136 Å². The highest BCUT2D eigenvalue weighted by Gasteiger charge is 2.30. The molecule has 0 spiro atoms. The first-order valence-electron chi connectivity index (χ1n) is 6.27. The number of halogens is 2. The molecule has 1 aliphatic heterocycles. The quantitative estimate of drug-likeness (QED) is 0.874. The van der Waals surface area contributed by atoms with Gasteiger partial charge in [0.05, 0.1) is 22.3 Å². The van der Waals surface area contributed by atoms with Crippen LogP contribution in [0.1, 0.15) is 0 Å². The Balaban J connectivity index is 2.02. The standard InChI is InChI=1S/C13H14Cl2N2O3S/c14-8-2-1-3-9(15)12(8)16-11(18)6-17-4-5-21-7-10(17)13(19)20/h1-3,10H,4-7H2,(H,16,18)(H,19,20). The fraction of sp³-hybridized carbons (Fsp3) is 0.385. The summed E-state index contributed by atoms with van der Waals surface area (Å²) in [6, 6.07) is 4.29. The Bertz CT molecular complexity index is 536. The average Bonchev–Trinajstić information content (AvgIpc) is 2.43. The third kappa shape index (κ3) is 4.26. The van der Waals surface area contributed by atoms with Crippen LogP contribution in [-0.2, 0) is 9.59 Å². The number of hydrogen-bond donors (Lipinski definition) is 2. The van der Waals surface area contributed by atoms with Crippen molar-refractivity contribution in [1.29, 1.82) is 0 Å². The van der Waals surface area contributed by atoms with Crippen LogP contribution in [0.15, 0.2) is 18.2 Å². The zero-order valence-corrected chi connectivity index (χ0v) is 13.3. The summed E-state index contributed by atoms with van der Waals surface area (Å²) >= 11 is 13.5. The van der Waals surface area contributed by atoms with Crippen LogP contribution in [0.4, 0.5) is 5.69 Å². The van der Waals surface area contributed by atoms with Gasteiger partial charge >= 0.3 is 5.97 Å². The Morgan fingerprint density at radius 3 is 2.67 bits per heavy atom. The number of carbonyl (C=O) groups excluding carboxylic acids is 1. The summed E-state index contributed by atoms with van der Waals surface area (Å²) in [6.45, 7) is 0.560. The number of thioether (sulfide) groups is 1. The first-order chi connectivity index (χ1) is 9.99. The van der Waals surface area contributed by atoms with Gasteiger partial charge in [0.25, 0.3) is 0 Å². The van der Waals surface area contributed by atoms with Crippen LogP contribution in [0, 0.1) is 0 Å². The van der Waals surface area contributed by atoms with Crippen molar-refractivity contribution < 1.29 is 14.7 Å². The highest BCUT2D eigenvalue weighted by molar-refractivity contribution is 7.99. The van der Waals surface area contributed by atoms with E-state index in [2.05, 4.69) is 5.32 Å². The molecule has 1 heterocycles. The second kappa shape index (κ2) is 7.35. The van der Waals surface area contributed by atoms with Gasteiger partial charge in [0.2, 0.25) is 5.91 Å². The van der Waals surface area contributed by atoms with Gasteiger partial charge in [-0.15, -0.1) is 0 Å². The number of amides is 1. The number of carboxylic acid groups (broad SMARTS) is 1. The van der Waals surface area contributed by atoms with Crippen molar-refractivity contribution in [1.82, 2.24) is 4.90 Å². The van der Waals surface area contributed by atoms with Crippen molar-refractivity contribution in [2.24, 2.45) is 0 Å². The number of nitrogens with zero attached hydrogens (tertiary/aromatic N) is 1. The number of benzene rings is 1. The molecule has 0 aromatic heterocycles. The van der Waals surface area contributed by atoms with E-state index in [1.54, 1.807) is 34.9 Å². The molecular formula is C13H14Cl2N2O3S. The normalized spacial score (nSPS) is 19.2. The van der Waals surface area contributed by atoms with Gasteiger partial charge in [0.1, 0.15) is 6.04 Å². The topological polar surface area (TPSA) is 69.6 Å². The molecular weight excluding hydrogens is 335 g/mol. The zero-order valence-electron chi connectivity index (χ0n) is 11.0. The molecule has 2 rings (SSSR count). The lowest BCUT2D eigenvalue weighted by Crippen LogP contribution is -2.50. The van der Waals surface area contributed by atoms with Gasteiger partial charge < -0.3 is 10.4 Å². The molecule has 1 atom stereocenters. The monoisotopic (exact) mass is 348 g/mol. The summed E-state index contributed by atoms with van der Waals surface area (Å²) < 4.78 is 0. The number of anilines is 1. The summed E-state index contributed by atoms with van der Waals surface area (Å²) in [4.78, 5) is 24.9. The maximum Gasteiger partial charge on any atom is 0.321 e. The van der Waals surface area contributed by atoms with Crippen LogP contribution >= 0.6 is 35.0 Å². The highest BCUT2D eigenvalue weighted by Crippen LogP contribution is 2.29. The van der Waals surface area contributed by atoms with E-state index >= 15 is 0 Å². The number of para-hydroxylation sites is 1. The first kappa shape index (κ1) is 16.4. The molecule has 1 aromatic carbocycles. The first-order valence-corrected chi connectivity index (χ1v) is 8.18. The maximum absolute atomic E-state index is 12.1. The van der Waals surface area contributed by atoms with Crippen molar-refractivity contribution in [3.8, 4) is 0 Å². The number of carbonyl (C=O) groups is 2. The summed E-state index contributed by atoms with van der Waals surface area (Å²) in [6.07, 6.45) is 0. The summed E-state index contributed by atoms with van der Waals surface area (Å²) in [5.41, 5.74) is 0.351. The molecule has 1 unspecified atom stereocenters. The highest BCUT2D eigenvalue weighted by atomic mass is 35.5. The van der Waals surface area contributed by atoms with Crippen molar-refractivity contribution in [3.05, 3.63) is 28.2 Å². The molecule has 1 saturated heterocycles. The van der Waals surface area contributed by atoms with Crippen molar-refractivity contribution in [2.45, 2.75) is 6.04 Å². The van der Waals surface area contributed by atoms with E-state index in [0.717, 1.165) is 5.75 Å². The largest absolute Gasteiger partial charge is 0.480 e. The van der Waals surface area contributed by atoms with E-state index in [-0.39, 0.29) is 12.5 Å². The van der Waals surface area contributed by atoms with Gasteiger partial charge in [-0.05, 0) is 12.1 Å². The van der Waals surface area contributed by atoms with Crippen LogP contribution in [0.25, 0.3) is 0 Å². The molecule has 1 aliphatic rings. The van der Waals surface area contributed by atoms with E-state index in [1.807, 2.05) is 0 Å². The molecule has 0 bridgehead atoms. The summed E-state index contributed by atoms with van der Waals surface area (Å²) in [5, 5.41) is 12.5. The van der Waals surface area contributed by atoms with Gasteiger partial charge in [-0.25, -0.2) is 0 Å². The van der Waals surface area contributed by atoms with E-state index < -0.39 is 12.0 Å². The molecule has 0 radical (unpaired) electrons. The molecule has 0 saturated carbocycles. The van der Waals surface area contributed by atoms with Gasteiger partial charge in [-0.1, -0.05) is 29.3 Å². The second-order valence-corrected chi connectivity index (χ2v) is 6.51. The predicted octanol–water partition coefficient (Wildman–Crippen LogP) is 2.43. The fourth-order valence-electron chi connectivity index (χ4n) is 2.04. The van der Waals surface area contributed by atoms with E-state index in [9.17, 15) is 14.7 Å². The Kier molecular flexibility index (Phi) is 5.75. The van der Waals surface area contributed by atoms with Crippen LogP contribution in [-0.4, -0.2) is 52.5 Å². The minimum Gasteiger partial charge on any atom is -0.480 e. The van der Waals surface area contributed by atoms with Crippen molar-refractivity contribution in [2.75, 3.05) is 29.9 Å². The zero-order chi connectivity index (χ0) is 15.4. The minimum absolute atomic E-state index is 0.000914. The SMILES string of the molecule is O=C(CN1CCSCC1C(=O)O)Nc1c(Cl)cccc1Cl. The summed E-state index contributed by atoms with van der Waals surface area (Å²) in [5.74, 6) is 0.0493. The molecule has 114 valence electrons. The fourth-order valence-corrected chi connectivity index (χ4v) is 3.63. The van der Waals surface area contributed by atoms with Crippen molar-refractivity contribution in [3.63, 3.8) is 0 Å². The number of nitrogens with one attached hydrogen (secondary N) is 1. The van der Waals surface area contributed by atoms with Gasteiger partial charge in [0.15, 0.2) is 0 Å². The van der Waals surface area contributed by atoms with E-state index in [0.29, 0.717) is 28.0 Å². The number of aliphatic carboxylic acids is 1. The van der Waals surface area contributed by atoms with Crippen molar-refractivity contribution >= 4 is 52.5 Å². The maximum atomic E-state index is 12.1. The molecule has 2 N–H and O–H groups in total. The van der Waals surface area contributed by atoms with Gasteiger partial charge in [0, 0.05) is 18.1 Å². The molecule has 0 aliphatic carbocycles. The lowest BCUT2D eigenvalue weighted by molar-refractivity contribution is -0.142. The lowest BCUT2D eigenvalue weighted by atomic mass is 10.2. The van der Waals surface area contributed by atoms with Gasteiger partial charge in [-0.2, -0.15) is 11.8 Å². The number of rotatable bonds is 4. The summed E-state index contributed by atoms with van der Waals surface area (Å²) in [7, 11) is 0. The minimum atomic E-state index is -0.911. The Morgan fingerprint density at radius 2 is 2.05 bits per heavy atom. The third-order valence-corrected chi connectivity index (χ3v) is 4.75. The third-order valence-electron chi connectivity index (χ3n) is 3.10. The van der Waals surface area contributed by atoms with Crippen LogP contribution in [0.3, 0.4) is 0 Å². The number of carboxylic acids is 1. The second-order valence-electron chi connectivity index (χ2n) is 4.54. The van der Waals surface area contributed by atoms with E-state index in [1.165, 1.54) is 0 Å². The van der Waals surface area contributed by atoms with E-state index in [4.69, 9.17) is 23.2 Å². The smallest absolute Gasteiger partial charge is 0.321 e. The van der Waals surface area contributed by atoms with Gasteiger partial charge in [-0.3, -0.25) is 14.5 Å². The molecule has 1 aromatic rings. The average molecular weight is 349 g/mol. The molecule has 8 heteroatoms. The molecule has 1 fully saturated rings. The molecule has 21 heavy (non-hydrogen) atoms.